The second-order valence-electron chi connectivity index (χ2n) is 5.59. The molecule has 0 radical (unpaired) electrons. The molecule has 4 nitrogen and oxygen atoms in total. The minimum absolute atomic E-state index is 0.0330. The highest BCUT2D eigenvalue weighted by atomic mass is 79.9. The Kier molecular flexibility index (Phi) is 4.62. The lowest BCUT2D eigenvalue weighted by Gasteiger charge is -2.18. The van der Waals surface area contributed by atoms with Gasteiger partial charge in [0.2, 0.25) is 0 Å². The van der Waals surface area contributed by atoms with Crippen molar-refractivity contribution in [2.24, 2.45) is 0 Å². The van der Waals surface area contributed by atoms with Crippen molar-refractivity contribution in [3.8, 4) is 0 Å². The molecule has 22 heavy (non-hydrogen) atoms. The van der Waals surface area contributed by atoms with E-state index in [1.807, 2.05) is 34.9 Å². The van der Waals surface area contributed by atoms with Gasteiger partial charge in [-0.25, -0.2) is 0 Å². The predicted octanol–water partition coefficient (Wildman–Crippen LogP) is 3.66. The molecule has 5 heteroatoms. The zero-order valence-corrected chi connectivity index (χ0v) is 14.0. The van der Waals surface area contributed by atoms with Crippen molar-refractivity contribution in [3.05, 3.63) is 46.1 Å². The highest BCUT2D eigenvalue weighted by Gasteiger charge is 2.22. The van der Waals surface area contributed by atoms with E-state index in [1.54, 1.807) is 4.57 Å². The van der Waals surface area contributed by atoms with E-state index < -0.39 is 0 Å². The fraction of sp³-hybridized carbons (Fsp3) is 0.412. The summed E-state index contributed by atoms with van der Waals surface area (Å²) in [5.41, 5.74) is 1.97. The molecule has 1 aliphatic rings. The average molecular weight is 363 g/mol. The number of carbonyl (C=O) groups is 1. The molecule has 2 heterocycles. The van der Waals surface area contributed by atoms with Crippen molar-refractivity contribution >= 4 is 33.3 Å². The van der Waals surface area contributed by atoms with Gasteiger partial charge in [0, 0.05) is 24.5 Å². The van der Waals surface area contributed by atoms with Crippen LogP contribution in [0.2, 0.25) is 0 Å². The Morgan fingerprint density at radius 1 is 1.14 bits per heavy atom. The Morgan fingerprint density at radius 2 is 1.95 bits per heavy atom. The molecule has 116 valence electrons. The third kappa shape index (κ3) is 2.70. The summed E-state index contributed by atoms with van der Waals surface area (Å²) in [4.78, 5) is 25.0. The molecule has 0 aliphatic heterocycles. The molecule has 0 aromatic carbocycles. The van der Waals surface area contributed by atoms with E-state index in [9.17, 15) is 9.59 Å². The molecule has 3 rings (SSSR count). The molecule has 0 saturated carbocycles. The molecule has 1 aliphatic carbocycles. The number of aromatic nitrogens is 2. The number of rotatable bonds is 6. The zero-order chi connectivity index (χ0) is 15.5. The van der Waals surface area contributed by atoms with Crippen LogP contribution in [0.5, 0.6) is 0 Å². The molecule has 0 fully saturated rings. The number of hydrogen-bond acceptors (Lipinski definition) is 2. The van der Waals surface area contributed by atoms with Gasteiger partial charge >= 0.3 is 0 Å². The summed E-state index contributed by atoms with van der Waals surface area (Å²) in [7, 11) is 0. The van der Waals surface area contributed by atoms with Crippen LogP contribution in [-0.4, -0.2) is 20.1 Å². The SMILES string of the molecule is O=C1CC=Cc2c1n(CCCCCCBr)c(=O)c1cccn21. The van der Waals surface area contributed by atoms with Crippen LogP contribution in [0.3, 0.4) is 0 Å². The third-order valence-corrected chi connectivity index (χ3v) is 4.65. The van der Waals surface area contributed by atoms with Gasteiger partial charge in [0.15, 0.2) is 5.78 Å². The van der Waals surface area contributed by atoms with E-state index in [2.05, 4.69) is 15.9 Å². The number of halogens is 1. The number of alkyl halides is 1. The van der Waals surface area contributed by atoms with Crippen LogP contribution in [0.4, 0.5) is 0 Å². The number of ketones is 1. The van der Waals surface area contributed by atoms with Gasteiger partial charge in [0.05, 0.1) is 5.69 Å². The smallest absolute Gasteiger partial charge is 0.275 e. The second-order valence-corrected chi connectivity index (χ2v) is 6.38. The maximum absolute atomic E-state index is 12.7. The van der Waals surface area contributed by atoms with Crippen molar-refractivity contribution in [2.75, 3.05) is 5.33 Å². The average Bonchev–Trinajstić information content (AvgIpc) is 3.00. The summed E-state index contributed by atoms with van der Waals surface area (Å²) < 4.78 is 3.51. The first kappa shape index (κ1) is 15.3. The summed E-state index contributed by atoms with van der Waals surface area (Å²) in [6.45, 7) is 0.616. The molecule has 0 amide bonds. The summed E-state index contributed by atoms with van der Waals surface area (Å²) in [6, 6.07) is 3.67. The lowest BCUT2D eigenvalue weighted by molar-refractivity contribution is 0.0983. The predicted molar refractivity (Wildman–Crippen MR) is 91.9 cm³/mol. The highest BCUT2D eigenvalue weighted by molar-refractivity contribution is 9.09. The van der Waals surface area contributed by atoms with E-state index in [0.717, 1.165) is 36.7 Å². The number of carbonyl (C=O) groups excluding carboxylic acids is 1. The Hall–Kier alpha value is -1.62. The van der Waals surface area contributed by atoms with Crippen molar-refractivity contribution < 1.29 is 4.79 Å². The molecule has 0 atom stereocenters. The van der Waals surface area contributed by atoms with Gasteiger partial charge in [0.25, 0.3) is 5.56 Å². The number of fused-ring (bicyclic) bond motifs is 3. The molecule has 0 unspecified atom stereocenters. The summed E-state index contributed by atoms with van der Waals surface area (Å²) >= 11 is 3.43. The van der Waals surface area contributed by atoms with Crippen LogP contribution in [-0.2, 0) is 6.54 Å². The maximum atomic E-state index is 12.7. The first-order valence-corrected chi connectivity index (χ1v) is 8.85. The Labute approximate surface area is 137 Å². The van der Waals surface area contributed by atoms with Gasteiger partial charge in [-0.2, -0.15) is 0 Å². The van der Waals surface area contributed by atoms with Crippen LogP contribution < -0.4 is 5.56 Å². The van der Waals surface area contributed by atoms with E-state index in [4.69, 9.17) is 0 Å². The zero-order valence-electron chi connectivity index (χ0n) is 12.4. The third-order valence-electron chi connectivity index (χ3n) is 4.09. The normalized spacial score (nSPS) is 13.8. The molecular weight excluding hydrogens is 344 g/mol. The van der Waals surface area contributed by atoms with Gasteiger partial charge in [-0.15, -0.1) is 0 Å². The number of nitrogens with zero attached hydrogens (tertiary/aromatic N) is 2. The summed E-state index contributed by atoms with van der Waals surface area (Å²) in [5, 5.41) is 1.02. The van der Waals surface area contributed by atoms with Crippen LogP contribution in [0.1, 0.15) is 48.3 Å². The molecule has 0 N–H and O–H groups in total. The fourth-order valence-corrected chi connectivity index (χ4v) is 3.41. The Balaban J connectivity index is 1.99. The molecule has 2 aromatic rings. The second kappa shape index (κ2) is 6.65. The summed E-state index contributed by atoms with van der Waals surface area (Å²) in [6.07, 6.45) is 10.3. The maximum Gasteiger partial charge on any atom is 0.275 e. The number of hydrogen-bond donors (Lipinski definition) is 0. The van der Waals surface area contributed by atoms with Crippen LogP contribution in [0.15, 0.2) is 29.2 Å². The topological polar surface area (TPSA) is 43.5 Å². The van der Waals surface area contributed by atoms with E-state index in [0.29, 0.717) is 24.2 Å². The molecule has 0 saturated heterocycles. The largest absolute Gasteiger partial charge is 0.310 e. The monoisotopic (exact) mass is 362 g/mol. The first-order chi connectivity index (χ1) is 10.7. The standard InChI is InChI=1S/C17H19BrN2O2/c18-10-3-1-2-4-11-20-16-13(7-5-9-15(16)21)19-12-6-8-14(19)17(20)22/h5-8,12H,1-4,9-11H2. The fourth-order valence-electron chi connectivity index (χ4n) is 3.02. The van der Waals surface area contributed by atoms with Crippen molar-refractivity contribution in [1.82, 2.24) is 8.97 Å². The molecule has 0 bridgehead atoms. The summed E-state index contributed by atoms with van der Waals surface area (Å²) in [5.74, 6) is 0.0330. The molecule has 0 spiro atoms. The van der Waals surface area contributed by atoms with Crippen LogP contribution in [0.25, 0.3) is 11.6 Å². The highest BCUT2D eigenvalue weighted by Crippen LogP contribution is 2.20. The van der Waals surface area contributed by atoms with Gasteiger partial charge in [-0.1, -0.05) is 34.8 Å². The van der Waals surface area contributed by atoms with Crippen LogP contribution in [0, 0.1) is 0 Å². The lowest BCUT2D eigenvalue weighted by atomic mass is 10.0. The number of unbranched alkanes of at least 4 members (excludes halogenated alkanes) is 3. The van der Waals surface area contributed by atoms with Gasteiger partial charge in [-0.05, 0) is 31.1 Å². The van der Waals surface area contributed by atoms with E-state index in [-0.39, 0.29) is 11.3 Å². The van der Waals surface area contributed by atoms with Crippen molar-refractivity contribution in [1.29, 1.82) is 0 Å². The Morgan fingerprint density at radius 3 is 2.77 bits per heavy atom. The number of allylic oxidation sites excluding steroid dienone is 1. The van der Waals surface area contributed by atoms with E-state index in [1.165, 1.54) is 0 Å². The van der Waals surface area contributed by atoms with Crippen molar-refractivity contribution in [3.63, 3.8) is 0 Å². The van der Waals surface area contributed by atoms with Gasteiger partial charge in [-0.3, -0.25) is 9.59 Å². The minimum atomic E-state index is -0.0621. The quantitative estimate of drug-likeness (QED) is 0.581. The van der Waals surface area contributed by atoms with E-state index >= 15 is 0 Å². The van der Waals surface area contributed by atoms with Gasteiger partial charge in [0.1, 0.15) is 11.2 Å². The minimum Gasteiger partial charge on any atom is -0.310 e. The first-order valence-electron chi connectivity index (χ1n) is 7.73. The molecule has 2 aromatic heterocycles. The van der Waals surface area contributed by atoms with Gasteiger partial charge < -0.3 is 8.97 Å². The van der Waals surface area contributed by atoms with Crippen molar-refractivity contribution in [2.45, 2.75) is 38.6 Å². The molecular formula is C17H19BrN2O2. The lowest BCUT2D eigenvalue weighted by Crippen LogP contribution is -2.30. The Bertz CT molecular complexity index is 786. The number of Topliss-reactive ketones (excluding diaryl/α,β-unsaturated/α-hetero) is 1. The van der Waals surface area contributed by atoms with Crippen LogP contribution >= 0.6 is 15.9 Å².